The first kappa shape index (κ1) is 16.2. The monoisotopic (exact) mass is 274 g/mol. The second-order valence-corrected chi connectivity index (χ2v) is 4.63. The Balaban J connectivity index is 2.89. The van der Waals surface area contributed by atoms with E-state index in [2.05, 4.69) is 17.2 Å². The highest BCUT2D eigenvalue weighted by Crippen LogP contribution is 2.09. The molecule has 0 saturated heterocycles. The van der Waals surface area contributed by atoms with Crippen molar-refractivity contribution in [2.75, 3.05) is 20.3 Å². The molecule has 0 aliphatic heterocycles. The lowest BCUT2D eigenvalue weighted by Crippen LogP contribution is -2.37. The summed E-state index contributed by atoms with van der Waals surface area (Å²) in [4.78, 5) is 12.2. The lowest BCUT2D eigenvalue weighted by molar-refractivity contribution is 0.0894. The van der Waals surface area contributed by atoms with Crippen molar-refractivity contribution in [1.29, 1.82) is 0 Å². The number of carbonyl (C=O) groups is 1. The van der Waals surface area contributed by atoms with Gasteiger partial charge in [-0.15, -0.1) is 0 Å². The summed E-state index contributed by atoms with van der Waals surface area (Å²) in [5, 5.41) is 2.96. The minimum atomic E-state index is -0.103. The fourth-order valence-electron chi connectivity index (χ4n) is 1.87. The van der Waals surface area contributed by atoms with Crippen LogP contribution in [-0.4, -0.2) is 32.2 Å². The predicted octanol–water partition coefficient (Wildman–Crippen LogP) is 1.46. The zero-order valence-electron chi connectivity index (χ0n) is 12.3. The largest absolute Gasteiger partial charge is 0.383 e. The quantitative estimate of drug-likeness (QED) is 0.799. The molecule has 1 aromatic carbocycles. The molecule has 3 N–H and O–H groups in total. The number of benzene rings is 1. The first-order valence-electron chi connectivity index (χ1n) is 6.71. The van der Waals surface area contributed by atoms with Crippen molar-refractivity contribution in [2.24, 2.45) is 5.73 Å². The van der Waals surface area contributed by atoms with Gasteiger partial charge in [0, 0.05) is 18.2 Å². The van der Waals surface area contributed by atoms with Crippen molar-refractivity contribution in [3.63, 3.8) is 0 Å². The molecule has 108 valence electrons. The molecule has 0 bridgehead atoms. The topological polar surface area (TPSA) is 64.3 Å². The summed E-state index contributed by atoms with van der Waals surface area (Å²) < 4.78 is 5.08. The average molecular weight is 274 g/mol. The molecule has 0 aromatic heterocycles. The Bertz CT molecular complexity index is 515. The lowest BCUT2D eigenvalue weighted by Gasteiger charge is -2.16. The number of nitrogens with two attached hydrogens (primary N) is 1. The molecule has 1 unspecified atom stereocenters. The van der Waals surface area contributed by atoms with Crippen LogP contribution in [0.15, 0.2) is 18.2 Å². The van der Waals surface area contributed by atoms with Crippen LogP contribution >= 0.6 is 0 Å². The number of nitrogens with one attached hydrogen (secondary N) is 1. The number of ether oxygens (including phenoxy) is 1. The van der Waals surface area contributed by atoms with E-state index in [0.29, 0.717) is 18.7 Å². The third kappa shape index (κ3) is 5.04. The first-order valence-corrected chi connectivity index (χ1v) is 6.71. The summed E-state index contributed by atoms with van der Waals surface area (Å²) >= 11 is 0. The Hall–Kier alpha value is -1.83. The summed E-state index contributed by atoms with van der Waals surface area (Å²) in [5.74, 6) is 5.65. The van der Waals surface area contributed by atoms with E-state index in [-0.39, 0.29) is 11.9 Å². The Morgan fingerprint density at radius 2 is 2.20 bits per heavy atom. The minimum Gasteiger partial charge on any atom is -0.383 e. The molecule has 0 aliphatic rings. The number of methoxy groups -OCH3 is 1. The number of hydrogen-bond donors (Lipinski definition) is 2. The van der Waals surface area contributed by atoms with Crippen LogP contribution in [0.4, 0.5) is 0 Å². The molecule has 0 spiro atoms. The second kappa shape index (κ2) is 8.36. The smallest absolute Gasteiger partial charge is 0.251 e. The lowest BCUT2D eigenvalue weighted by atomic mass is 10.1. The van der Waals surface area contributed by atoms with E-state index in [1.807, 2.05) is 26.0 Å². The number of amides is 1. The summed E-state index contributed by atoms with van der Waals surface area (Å²) in [6.45, 7) is 4.77. The molecular formula is C16H22N2O2. The summed E-state index contributed by atoms with van der Waals surface area (Å²) in [6.07, 6.45) is 0.825. The predicted molar refractivity (Wildman–Crippen MR) is 80.5 cm³/mol. The zero-order valence-corrected chi connectivity index (χ0v) is 12.3. The minimum absolute atomic E-state index is 0.0200. The van der Waals surface area contributed by atoms with Gasteiger partial charge in [-0.25, -0.2) is 0 Å². The Morgan fingerprint density at radius 3 is 2.80 bits per heavy atom. The Morgan fingerprint density at radius 1 is 1.45 bits per heavy atom. The van der Waals surface area contributed by atoms with Crippen LogP contribution in [0.2, 0.25) is 0 Å². The number of aryl methyl sites for hydroxylation is 1. The molecular weight excluding hydrogens is 252 g/mol. The van der Waals surface area contributed by atoms with Crippen LogP contribution in [-0.2, 0) is 4.74 Å². The fourth-order valence-corrected chi connectivity index (χ4v) is 1.87. The van der Waals surface area contributed by atoms with Crippen LogP contribution < -0.4 is 11.1 Å². The highest BCUT2D eigenvalue weighted by atomic mass is 16.5. The van der Waals surface area contributed by atoms with Gasteiger partial charge < -0.3 is 15.8 Å². The van der Waals surface area contributed by atoms with Crippen molar-refractivity contribution in [2.45, 2.75) is 26.3 Å². The highest BCUT2D eigenvalue weighted by Gasteiger charge is 2.12. The normalized spacial score (nSPS) is 11.4. The van der Waals surface area contributed by atoms with Crippen LogP contribution in [0.3, 0.4) is 0 Å². The van der Waals surface area contributed by atoms with Crippen molar-refractivity contribution in [3.8, 4) is 11.8 Å². The van der Waals surface area contributed by atoms with Gasteiger partial charge in [0.1, 0.15) is 0 Å². The van der Waals surface area contributed by atoms with Gasteiger partial charge in [-0.1, -0.05) is 18.8 Å². The molecule has 4 heteroatoms. The maximum atomic E-state index is 12.2. The van der Waals surface area contributed by atoms with Crippen LogP contribution in [0.1, 0.15) is 34.8 Å². The van der Waals surface area contributed by atoms with Gasteiger partial charge in [0.15, 0.2) is 0 Å². The van der Waals surface area contributed by atoms with Crippen molar-refractivity contribution < 1.29 is 9.53 Å². The fraction of sp³-hybridized carbons (Fsp3) is 0.438. The Kier molecular flexibility index (Phi) is 6.78. The average Bonchev–Trinajstić information content (AvgIpc) is 2.43. The zero-order chi connectivity index (χ0) is 15.0. The molecule has 1 atom stereocenters. The van der Waals surface area contributed by atoms with Gasteiger partial charge in [0.25, 0.3) is 5.91 Å². The van der Waals surface area contributed by atoms with Crippen LogP contribution in [0.5, 0.6) is 0 Å². The second-order valence-electron chi connectivity index (χ2n) is 4.63. The van der Waals surface area contributed by atoms with Crippen molar-refractivity contribution in [1.82, 2.24) is 5.32 Å². The third-order valence-electron chi connectivity index (χ3n) is 2.87. The van der Waals surface area contributed by atoms with Crippen LogP contribution in [0, 0.1) is 18.8 Å². The van der Waals surface area contributed by atoms with Crippen molar-refractivity contribution >= 4 is 5.91 Å². The van der Waals surface area contributed by atoms with Gasteiger partial charge in [-0.3, -0.25) is 4.79 Å². The van der Waals surface area contributed by atoms with E-state index in [1.165, 1.54) is 0 Å². The Labute approximate surface area is 120 Å². The van der Waals surface area contributed by atoms with Gasteiger partial charge in [0.05, 0.1) is 19.2 Å². The third-order valence-corrected chi connectivity index (χ3v) is 2.87. The molecule has 1 rings (SSSR count). The maximum Gasteiger partial charge on any atom is 0.251 e. The summed E-state index contributed by atoms with van der Waals surface area (Å²) in [6, 6.07) is 5.59. The van der Waals surface area contributed by atoms with E-state index in [0.717, 1.165) is 17.5 Å². The molecule has 1 amide bonds. The van der Waals surface area contributed by atoms with E-state index in [1.54, 1.807) is 13.2 Å². The van der Waals surface area contributed by atoms with Crippen molar-refractivity contribution in [3.05, 3.63) is 34.9 Å². The standard InChI is InChI=1S/C16H22N2O2/c1-4-15(11-20-3)18-16(19)14-9-12(2)8-13(10-14)6-5-7-17/h8-10,15H,4,7,11,17H2,1-3H3,(H,18,19). The number of carbonyl (C=O) groups excluding carboxylic acids is 1. The van der Waals surface area contributed by atoms with Gasteiger partial charge in [-0.05, 0) is 37.1 Å². The highest BCUT2D eigenvalue weighted by molar-refractivity contribution is 5.95. The molecule has 0 heterocycles. The number of hydrogen-bond acceptors (Lipinski definition) is 3. The molecule has 0 saturated carbocycles. The van der Waals surface area contributed by atoms with Gasteiger partial charge >= 0.3 is 0 Å². The molecule has 4 nitrogen and oxygen atoms in total. The van der Waals surface area contributed by atoms with Gasteiger partial charge in [0.2, 0.25) is 0 Å². The SMILES string of the molecule is CCC(COC)NC(=O)c1cc(C)cc(C#CCN)c1. The van der Waals surface area contributed by atoms with E-state index in [4.69, 9.17) is 10.5 Å². The molecule has 20 heavy (non-hydrogen) atoms. The van der Waals surface area contributed by atoms with Crippen LogP contribution in [0.25, 0.3) is 0 Å². The summed E-state index contributed by atoms with van der Waals surface area (Å²) in [7, 11) is 1.63. The first-order chi connectivity index (χ1) is 9.60. The molecule has 1 aromatic rings. The number of rotatable bonds is 5. The van der Waals surface area contributed by atoms with Gasteiger partial charge in [-0.2, -0.15) is 0 Å². The van der Waals surface area contributed by atoms with E-state index >= 15 is 0 Å². The van der Waals surface area contributed by atoms with E-state index in [9.17, 15) is 4.79 Å². The summed E-state index contributed by atoms with van der Waals surface area (Å²) in [5.41, 5.74) is 7.78. The molecule has 0 aliphatic carbocycles. The maximum absolute atomic E-state index is 12.2. The molecule has 0 fully saturated rings. The molecule has 0 radical (unpaired) electrons. The van der Waals surface area contributed by atoms with E-state index < -0.39 is 0 Å².